The molecule has 0 saturated heterocycles. The van der Waals surface area contributed by atoms with Crippen molar-refractivity contribution in [2.75, 3.05) is 5.32 Å². The Hall–Kier alpha value is -3.06. The fraction of sp³-hybridized carbons (Fsp3) is 0.0588. The van der Waals surface area contributed by atoms with Gasteiger partial charge in [0.1, 0.15) is 0 Å². The summed E-state index contributed by atoms with van der Waals surface area (Å²) in [5.74, 6) is -0.391. The summed E-state index contributed by atoms with van der Waals surface area (Å²) < 4.78 is 0. The number of amides is 1. The van der Waals surface area contributed by atoms with Gasteiger partial charge in [-0.1, -0.05) is 36.4 Å². The quantitative estimate of drug-likeness (QED) is 0.385. The SMILES string of the molecule is Cc1ccc(NC(=S)NC(=O)C=Cc2ccccc2)cc1[N+](=O)[O-]. The molecule has 24 heavy (non-hydrogen) atoms. The molecule has 2 aromatic rings. The highest BCUT2D eigenvalue weighted by Crippen LogP contribution is 2.22. The first-order valence-electron chi connectivity index (χ1n) is 7.06. The Balaban J connectivity index is 1.96. The molecule has 0 saturated carbocycles. The zero-order valence-electron chi connectivity index (χ0n) is 12.9. The predicted octanol–water partition coefficient (Wildman–Crippen LogP) is 3.43. The molecule has 0 atom stereocenters. The van der Waals surface area contributed by atoms with E-state index in [1.807, 2.05) is 30.3 Å². The van der Waals surface area contributed by atoms with E-state index in [-0.39, 0.29) is 10.8 Å². The predicted molar refractivity (Wildman–Crippen MR) is 97.7 cm³/mol. The number of aryl methyl sites for hydroxylation is 1. The van der Waals surface area contributed by atoms with E-state index in [1.54, 1.807) is 25.1 Å². The van der Waals surface area contributed by atoms with Crippen LogP contribution in [0.2, 0.25) is 0 Å². The zero-order chi connectivity index (χ0) is 17.5. The Morgan fingerprint density at radius 3 is 2.58 bits per heavy atom. The summed E-state index contributed by atoms with van der Waals surface area (Å²) in [5.41, 5.74) is 1.86. The summed E-state index contributed by atoms with van der Waals surface area (Å²) in [6.07, 6.45) is 3.02. The molecule has 0 heterocycles. The Morgan fingerprint density at radius 2 is 1.92 bits per heavy atom. The van der Waals surface area contributed by atoms with Crippen molar-refractivity contribution in [2.24, 2.45) is 0 Å². The zero-order valence-corrected chi connectivity index (χ0v) is 13.7. The van der Waals surface area contributed by atoms with Crippen LogP contribution in [0.3, 0.4) is 0 Å². The first-order valence-corrected chi connectivity index (χ1v) is 7.46. The molecule has 122 valence electrons. The van der Waals surface area contributed by atoms with E-state index < -0.39 is 10.8 Å². The van der Waals surface area contributed by atoms with Crippen molar-refractivity contribution in [2.45, 2.75) is 6.92 Å². The van der Waals surface area contributed by atoms with Gasteiger partial charge in [-0.3, -0.25) is 20.2 Å². The molecular formula is C17H15N3O3S. The van der Waals surface area contributed by atoms with Crippen LogP contribution in [0, 0.1) is 17.0 Å². The second-order valence-corrected chi connectivity index (χ2v) is 5.35. The first kappa shape index (κ1) is 17.3. The summed E-state index contributed by atoms with van der Waals surface area (Å²) in [6.45, 7) is 1.65. The summed E-state index contributed by atoms with van der Waals surface area (Å²) in [6, 6.07) is 14.0. The van der Waals surface area contributed by atoms with E-state index in [4.69, 9.17) is 12.2 Å². The van der Waals surface area contributed by atoms with Gasteiger partial charge in [0.05, 0.1) is 4.92 Å². The summed E-state index contributed by atoms with van der Waals surface area (Å²) >= 11 is 5.04. The Kier molecular flexibility index (Phi) is 5.75. The number of hydrogen-bond acceptors (Lipinski definition) is 4. The van der Waals surface area contributed by atoms with E-state index in [1.165, 1.54) is 12.1 Å². The fourth-order valence-electron chi connectivity index (χ4n) is 1.94. The maximum Gasteiger partial charge on any atom is 0.274 e. The molecule has 0 aromatic heterocycles. The van der Waals surface area contributed by atoms with Crippen LogP contribution < -0.4 is 10.6 Å². The molecule has 0 bridgehead atoms. The van der Waals surface area contributed by atoms with Gasteiger partial charge in [-0.05, 0) is 36.8 Å². The van der Waals surface area contributed by atoms with Crippen molar-refractivity contribution in [3.8, 4) is 0 Å². The van der Waals surface area contributed by atoms with Gasteiger partial charge in [-0.2, -0.15) is 0 Å². The number of anilines is 1. The number of carbonyl (C=O) groups is 1. The molecule has 0 aliphatic carbocycles. The Bertz CT molecular complexity index is 804. The molecule has 0 unspecified atom stereocenters. The normalized spacial score (nSPS) is 10.4. The lowest BCUT2D eigenvalue weighted by Gasteiger charge is -2.08. The number of benzene rings is 2. The summed E-state index contributed by atoms with van der Waals surface area (Å²) in [5, 5.41) is 16.2. The Morgan fingerprint density at radius 1 is 1.21 bits per heavy atom. The second kappa shape index (κ2) is 7.98. The molecule has 0 aliphatic rings. The summed E-state index contributed by atoms with van der Waals surface area (Å²) in [4.78, 5) is 22.3. The topological polar surface area (TPSA) is 84.3 Å². The monoisotopic (exact) mass is 341 g/mol. The largest absolute Gasteiger partial charge is 0.332 e. The van der Waals surface area contributed by atoms with Gasteiger partial charge < -0.3 is 5.32 Å². The van der Waals surface area contributed by atoms with Gasteiger partial charge in [0.25, 0.3) is 5.69 Å². The molecule has 0 spiro atoms. The summed E-state index contributed by atoms with van der Waals surface area (Å²) in [7, 11) is 0. The van der Waals surface area contributed by atoms with Gasteiger partial charge in [0.15, 0.2) is 5.11 Å². The molecule has 1 amide bonds. The maximum absolute atomic E-state index is 11.8. The number of thiocarbonyl (C=S) groups is 1. The maximum atomic E-state index is 11.8. The number of nitrogens with zero attached hydrogens (tertiary/aromatic N) is 1. The average molecular weight is 341 g/mol. The van der Waals surface area contributed by atoms with Crippen molar-refractivity contribution in [1.82, 2.24) is 5.32 Å². The van der Waals surface area contributed by atoms with Crippen LogP contribution in [-0.2, 0) is 4.79 Å². The number of hydrogen-bond donors (Lipinski definition) is 2. The van der Waals surface area contributed by atoms with Crippen molar-refractivity contribution >= 4 is 40.7 Å². The lowest BCUT2D eigenvalue weighted by atomic mass is 10.2. The minimum atomic E-state index is -0.468. The van der Waals surface area contributed by atoms with Crippen molar-refractivity contribution in [3.05, 3.63) is 75.8 Å². The number of nitrogens with one attached hydrogen (secondary N) is 2. The van der Waals surface area contributed by atoms with Crippen molar-refractivity contribution in [3.63, 3.8) is 0 Å². The minimum absolute atomic E-state index is 0.0156. The molecule has 0 fully saturated rings. The van der Waals surface area contributed by atoms with E-state index in [2.05, 4.69) is 10.6 Å². The van der Waals surface area contributed by atoms with Gasteiger partial charge in [-0.25, -0.2) is 0 Å². The van der Waals surface area contributed by atoms with Crippen LogP contribution in [0.1, 0.15) is 11.1 Å². The molecule has 2 aromatic carbocycles. The second-order valence-electron chi connectivity index (χ2n) is 4.95. The van der Waals surface area contributed by atoms with Gasteiger partial charge in [-0.15, -0.1) is 0 Å². The standard InChI is InChI=1S/C17H15N3O3S/c1-12-7-9-14(11-15(12)20(22)23)18-17(24)19-16(21)10-8-13-5-3-2-4-6-13/h2-11H,1H3,(H2,18,19,21,24). The van der Waals surface area contributed by atoms with Crippen LogP contribution in [0.15, 0.2) is 54.6 Å². The number of carbonyl (C=O) groups excluding carboxylic acids is 1. The first-order chi connectivity index (χ1) is 11.5. The van der Waals surface area contributed by atoms with Crippen LogP contribution >= 0.6 is 12.2 Å². The molecular weight excluding hydrogens is 326 g/mol. The molecule has 6 nitrogen and oxygen atoms in total. The van der Waals surface area contributed by atoms with Gasteiger partial charge >= 0.3 is 0 Å². The third kappa shape index (κ3) is 4.99. The lowest BCUT2D eigenvalue weighted by Crippen LogP contribution is -2.32. The third-order valence-electron chi connectivity index (χ3n) is 3.13. The highest BCUT2D eigenvalue weighted by molar-refractivity contribution is 7.80. The van der Waals surface area contributed by atoms with E-state index in [0.29, 0.717) is 11.3 Å². The molecule has 7 heteroatoms. The Labute approximate surface area is 144 Å². The molecule has 2 rings (SSSR count). The van der Waals surface area contributed by atoms with E-state index >= 15 is 0 Å². The lowest BCUT2D eigenvalue weighted by molar-refractivity contribution is -0.385. The van der Waals surface area contributed by atoms with Gasteiger partial charge in [0.2, 0.25) is 5.91 Å². The average Bonchev–Trinajstić information content (AvgIpc) is 2.55. The highest BCUT2D eigenvalue weighted by Gasteiger charge is 2.11. The van der Waals surface area contributed by atoms with Gasteiger partial charge in [0, 0.05) is 23.4 Å². The van der Waals surface area contributed by atoms with E-state index in [9.17, 15) is 14.9 Å². The van der Waals surface area contributed by atoms with Crippen molar-refractivity contribution in [1.29, 1.82) is 0 Å². The van der Waals surface area contributed by atoms with Crippen molar-refractivity contribution < 1.29 is 9.72 Å². The third-order valence-corrected chi connectivity index (χ3v) is 3.33. The molecule has 0 radical (unpaired) electrons. The van der Waals surface area contributed by atoms with Crippen LogP contribution in [-0.4, -0.2) is 15.9 Å². The van der Waals surface area contributed by atoms with Crippen LogP contribution in [0.5, 0.6) is 0 Å². The van der Waals surface area contributed by atoms with Crippen LogP contribution in [0.4, 0.5) is 11.4 Å². The smallest absolute Gasteiger partial charge is 0.274 e. The number of nitro benzene ring substituents is 1. The fourth-order valence-corrected chi connectivity index (χ4v) is 2.15. The molecule has 2 N–H and O–H groups in total. The van der Waals surface area contributed by atoms with E-state index in [0.717, 1.165) is 5.56 Å². The van der Waals surface area contributed by atoms with Crippen LogP contribution in [0.25, 0.3) is 6.08 Å². The number of nitro groups is 1. The molecule has 0 aliphatic heterocycles. The number of rotatable bonds is 4. The minimum Gasteiger partial charge on any atom is -0.332 e. The highest BCUT2D eigenvalue weighted by atomic mass is 32.1.